The van der Waals surface area contributed by atoms with Gasteiger partial charge in [-0.1, -0.05) is 42.5 Å². The van der Waals surface area contributed by atoms with Crippen LogP contribution in [0.2, 0.25) is 0 Å². The van der Waals surface area contributed by atoms with E-state index in [1.165, 1.54) is 11.3 Å². The zero-order chi connectivity index (χ0) is 12.8. The number of benzene rings is 2. The summed E-state index contributed by atoms with van der Waals surface area (Å²) in [4.78, 5) is 12.4. The van der Waals surface area contributed by atoms with Gasteiger partial charge in [0.1, 0.15) is 0 Å². The van der Waals surface area contributed by atoms with Gasteiger partial charge in [-0.05, 0) is 22.2 Å². The van der Waals surface area contributed by atoms with Gasteiger partial charge < -0.3 is 4.74 Å². The number of carbonyl (C=O) groups is 1. The summed E-state index contributed by atoms with van der Waals surface area (Å²) in [7, 11) is 0. The summed E-state index contributed by atoms with van der Waals surface area (Å²) >= 11 is 1.48. The SMILES string of the molecule is O=C1c2ccsc2OC1c1cccc2ccccc12. The van der Waals surface area contributed by atoms with E-state index in [2.05, 4.69) is 0 Å². The smallest absolute Gasteiger partial charge is 0.212 e. The van der Waals surface area contributed by atoms with Crippen LogP contribution in [0.1, 0.15) is 22.0 Å². The van der Waals surface area contributed by atoms with E-state index >= 15 is 0 Å². The maximum absolute atomic E-state index is 12.4. The lowest BCUT2D eigenvalue weighted by molar-refractivity contribution is 0.0862. The quantitative estimate of drug-likeness (QED) is 0.659. The van der Waals surface area contributed by atoms with Crippen molar-refractivity contribution >= 4 is 27.9 Å². The summed E-state index contributed by atoms with van der Waals surface area (Å²) in [5, 5.41) is 4.84. The molecule has 3 aromatic rings. The molecule has 0 fully saturated rings. The van der Waals surface area contributed by atoms with E-state index in [0.717, 1.165) is 21.4 Å². The summed E-state index contributed by atoms with van der Waals surface area (Å²) in [6.45, 7) is 0. The highest BCUT2D eigenvalue weighted by Gasteiger charge is 2.35. The molecule has 19 heavy (non-hydrogen) atoms. The van der Waals surface area contributed by atoms with E-state index in [0.29, 0.717) is 5.56 Å². The minimum absolute atomic E-state index is 0.0626. The van der Waals surface area contributed by atoms with Crippen molar-refractivity contribution in [3.63, 3.8) is 0 Å². The minimum Gasteiger partial charge on any atom is -0.467 e. The van der Waals surface area contributed by atoms with Gasteiger partial charge in [-0.2, -0.15) is 0 Å². The molecule has 0 N–H and O–H groups in total. The molecule has 3 heteroatoms. The zero-order valence-corrected chi connectivity index (χ0v) is 10.8. The molecule has 1 aliphatic rings. The number of ether oxygens (including phenoxy) is 1. The molecule has 2 aromatic carbocycles. The number of Topliss-reactive ketones (excluding diaryl/α,β-unsaturated/α-hetero) is 1. The Kier molecular flexibility index (Phi) is 2.23. The van der Waals surface area contributed by atoms with Crippen molar-refractivity contribution in [2.24, 2.45) is 0 Å². The highest BCUT2D eigenvalue weighted by molar-refractivity contribution is 7.12. The topological polar surface area (TPSA) is 26.3 Å². The number of carbonyl (C=O) groups excluding carboxylic acids is 1. The first-order chi connectivity index (χ1) is 9.34. The molecule has 0 bridgehead atoms. The molecule has 4 rings (SSSR count). The number of fused-ring (bicyclic) bond motifs is 2. The number of hydrogen-bond donors (Lipinski definition) is 0. The maximum Gasteiger partial charge on any atom is 0.212 e. The molecule has 0 amide bonds. The summed E-state index contributed by atoms with van der Waals surface area (Å²) in [5.74, 6) is 0.0626. The van der Waals surface area contributed by atoms with Gasteiger partial charge in [0, 0.05) is 5.56 Å². The predicted octanol–water partition coefficient (Wildman–Crippen LogP) is 4.22. The third-order valence-electron chi connectivity index (χ3n) is 3.46. The first-order valence-electron chi connectivity index (χ1n) is 6.10. The van der Waals surface area contributed by atoms with Crippen molar-refractivity contribution in [2.45, 2.75) is 6.10 Å². The summed E-state index contributed by atoms with van der Waals surface area (Å²) in [6.07, 6.45) is -0.492. The molecular weight excluding hydrogens is 256 g/mol. The summed E-state index contributed by atoms with van der Waals surface area (Å²) < 4.78 is 5.82. The second-order valence-electron chi connectivity index (χ2n) is 4.55. The van der Waals surface area contributed by atoms with Crippen LogP contribution >= 0.6 is 11.3 Å². The van der Waals surface area contributed by atoms with Crippen LogP contribution in [-0.4, -0.2) is 5.78 Å². The fraction of sp³-hybridized carbons (Fsp3) is 0.0625. The van der Waals surface area contributed by atoms with E-state index in [9.17, 15) is 4.79 Å². The fourth-order valence-corrected chi connectivity index (χ4v) is 3.33. The van der Waals surface area contributed by atoms with Gasteiger partial charge in [-0.15, -0.1) is 11.3 Å². The standard InChI is InChI=1S/C16H10O2S/c17-14-13-8-9-19-16(13)18-15(14)12-7-3-5-10-4-1-2-6-11(10)12/h1-9,15H. The molecule has 2 heterocycles. The number of thiophene rings is 1. The van der Waals surface area contributed by atoms with Crippen LogP contribution in [-0.2, 0) is 0 Å². The normalized spacial score (nSPS) is 17.5. The Morgan fingerprint density at radius 2 is 1.84 bits per heavy atom. The summed E-state index contributed by atoms with van der Waals surface area (Å²) in [5.41, 5.74) is 1.66. The Balaban J connectivity index is 1.89. The van der Waals surface area contributed by atoms with Crippen LogP contribution in [0.25, 0.3) is 10.8 Å². The predicted molar refractivity (Wildman–Crippen MR) is 76.0 cm³/mol. The van der Waals surface area contributed by atoms with Gasteiger partial charge in [0.15, 0.2) is 11.2 Å². The molecule has 1 aliphatic heterocycles. The maximum atomic E-state index is 12.4. The Morgan fingerprint density at radius 3 is 2.74 bits per heavy atom. The summed E-state index contributed by atoms with van der Waals surface area (Å²) in [6, 6.07) is 15.9. The minimum atomic E-state index is -0.492. The third-order valence-corrected chi connectivity index (χ3v) is 4.27. The Morgan fingerprint density at radius 1 is 1.00 bits per heavy atom. The average Bonchev–Trinajstić information content (AvgIpc) is 3.02. The molecule has 0 spiro atoms. The van der Waals surface area contributed by atoms with Crippen molar-refractivity contribution in [1.29, 1.82) is 0 Å². The van der Waals surface area contributed by atoms with Gasteiger partial charge in [0.2, 0.25) is 5.78 Å². The lowest BCUT2D eigenvalue weighted by atomic mass is 9.97. The Hall–Kier alpha value is -2.13. The van der Waals surface area contributed by atoms with E-state index in [1.54, 1.807) is 0 Å². The van der Waals surface area contributed by atoms with Gasteiger partial charge in [0.05, 0.1) is 5.56 Å². The number of ketones is 1. The van der Waals surface area contributed by atoms with Crippen molar-refractivity contribution in [3.8, 4) is 5.06 Å². The van der Waals surface area contributed by atoms with Gasteiger partial charge in [-0.3, -0.25) is 4.79 Å². The molecule has 0 saturated carbocycles. The highest BCUT2D eigenvalue weighted by Crippen LogP contribution is 2.41. The van der Waals surface area contributed by atoms with Crippen molar-refractivity contribution in [2.75, 3.05) is 0 Å². The first-order valence-corrected chi connectivity index (χ1v) is 6.98. The van der Waals surface area contributed by atoms with Gasteiger partial charge in [-0.25, -0.2) is 0 Å². The molecular formula is C16H10O2S. The lowest BCUT2D eigenvalue weighted by Crippen LogP contribution is -2.11. The molecule has 0 saturated heterocycles. The molecule has 2 nitrogen and oxygen atoms in total. The van der Waals surface area contributed by atoms with Crippen LogP contribution in [0.4, 0.5) is 0 Å². The van der Waals surface area contributed by atoms with Crippen LogP contribution in [0.5, 0.6) is 5.06 Å². The second kappa shape index (κ2) is 3.93. The fourth-order valence-electron chi connectivity index (χ4n) is 2.55. The van der Waals surface area contributed by atoms with Crippen molar-refractivity contribution < 1.29 is 9.53 Å². The van der Waals surface area contributed by atoms with E-state index < -0.39 is 6.10 Å². The van der Waals surface area contributed by atoms with Crippen LogP contribution in [0, 0.1) is 0 Å². The zero-order valence-electron chi connectivity index (χ0n) is 10.00. The molecule has 92 valence electrons. The highest BCUT2D eigenvalue weighted by atomic mass is 32.1. The van der Waals surface area contributed by atoms with Gasteiger partial charge in [0.25, 0.3) is 0 Å². The third kappa shape index (κ3) is 1.52. The Labute approximate surface area is 114 Å². The molecule has 1 aromatic heterocycles. The van der Waals surface area contributed by atoms with Crippen molar-refractivity contribution in [3.05, 3.63) is 65.0 Å². The van der Waals surface area contributed by atoms with Crippen LogP contribution in [0.15, 0.2) is 53.9 Å². The average molecular weight is 266 g/mol. The van der Waals surface area contributed by atoms with Crippen LogP contribution in [0.3, 0.4) is 0 Å². The van der Waals surface area contributed by atoms with E-state index in [1.807, 2.05) is 53.9 Å². The molecule has 1 atom stereocenters. The molecule has 0 aliphatic carbocycles. The largest absolute Gasteiger partial charge is 0.467 e. The van der Waals surface area contributed by atoms with Crippen molar-refractivity contribution in [1.82, 2.24) is 0 Å². The second-order valence-corrected chi connectivity index (χ2v) is 5.43. The first kappa shape index (κ1) is 10.8. The lowest BCUT2D eigenvalue weighted by Gasteiger charge is -2.12. The van der Waals surface area contributed by atoms with Crippen LogP contribution < -0.4 is 4.74 Å². The monoisotopic (exact) mass is 266 g/mol. The Bertz CT molecular complexity index is 783. The molecule has 0 radical (unpaired) electrons. The number of rotatable bonds is 1. The van der Waals surface area contributed by atoms with E-state index in [4.69, 9.17) is 4.74 Å². The number of hydrogen-bond acceptors (Lipinski definition) is 3. The molecule has 1 unspecified atom stereocenters. The van der Waals surface area contributed by atoms with Gasteiger partial charge >= 0.3 is 0 Å². The van der Waals surface area contributed by atoms with E-state index in [-0.39, 0.29) is 5.78 Å².